The van der Waals surface area contributed by atoms with Gasteiger partial charge in [-0.15, -0.1) is 0 Å². The lowest BCUT2D eigenvalue weighted by atomic mass is 9.84. The molecule has 2 N–H and O–H groups in total. The van der Waals surface area contributed by atoms with Crippen LogP contribution in [0.15, 0.2) is 61.2 Å². The predicted octanol–water partition coefficient (Wildman–Crippen LogP) is 2.52. The molecule has 0 aliphatic heterocycles. The van der Waals surface area contributed by atoms with E-state index in [1.165, 1.54) is 17.3 Å². The van der Waals surface area contributed by atoms with Crippen molar-refractivity contribution < 1.29 is 10.2 Å². The van der Waals surface area contributed by atoms with Gasteiger partial charge in [0.15, 0.2) is 0 Å². The highest BCUT2D eigenvalue weighted by Gasteiger charge is 2.39. The minimum absolute atomic E-state index is 0.102. The van der Waals surface area contributed by atoms with E-state index in [-0.39, 0.29) is 6.54 Å². The summed E-state index contributed by atoms with van der Waals surface area (Å²) >= 11 is 0. The number of rotatable bonds is 5. The van der Waals surface area contributed by atoms with Crippen LogP contribution in [0, 0.1) is 13.8 Å². The maximum absolute atomic E-state index is 11.4. The molecule has 5 heteroatoms. The first-order valence-corrected chi connectivity index (χ1v) is 7.85. The van der Waals surface area contributed by atoms with E-state index in [9.17, 15) is 10.2 Å². The maximum Gasteiger partial charge on any atom is 0.139 e. The van der Waals surface area contributed by atoms with Gasteiger partial charge in [-0.3, -0.25) is 0 Å². The van der Waals surface area contributed by atoms with E-state index in [2.05, 4.69) is 10.1 Å². The number of aliphatic hydroxyl groups excluding tert-OH is 1. The van der Waals surface area contributed by atoms with Crippen molar-refractivity contribution in [3.8, 4) is 0 Å². The minimum Gasteiger partial charge on any atom is -0.385 e. The Morgan fingerprint density at radius 2 is 1.58 bits per heavy atom. The summed E-state index contributed by atoms with van der Waals surface area (Å²) in [7, 11) is 0. The van der Waals surface area contributed by atoms with Crippen LogP contribution in [0.2, 0.25) is 0 Å². The summed E-state index contributed by atoms with van der Waals surface area (Å²) in [5.74, 6) is 0. The van der Waals surface area contributed by atoms with Crippen molar-refractivity contribution in [2.45, 2.75) is 32.1 Å². The molecule has 124 valence electrons. The Balaban J connectivity index is 2.03. The number of nitrogens with zero attached hydrogens (tertiary/aromatic N) is 3. The summed E-state index contributed by atoms with van der Waals surface area (Å²) in [6, 6.07) is 15.0. The number of benzene rings is 2. The molecule has 1 aromatic heterocycles. The highest BCUT2D eigenvalue weighted by molar-refractivity contribution is 5.32. The third-order valence-electron chi connectivity index (χ3n) is 4.27. The maximum atomic E-state index is 11.4. The van der Waals surface area contributed by atoms with Gasteiger partial charge in [-0.1, -0.05) is 59.7 Å². The van der Waals surface area contributed by atoms with Crippen LogP contribution in [0.25, 0.3) is 0 Å². The van der Waals surface area contributed by atoms with Gasteiger partial charge in [0.2, 0.25) is 0 Å². The lowest BCUT2D eigenvalue weighted by Gasteiger charge is -2.34. The highest BCUT2D eigenvalue weighted by atomic mass is 16.3. The molecule has 0 saturated carbocycles. The Labute approximate surface area is 141 Å². The summed E-state index contributed by atoms with van der Waals surface area (Å²) in [5, 5.41) is 26.4. The molecule has 0 bridgehead atoms. The Morgan fingerprint density at radius 1 is 1.00 bits per heavy atom. The summed E-state index contributed by atoms with van der Waals surface area (Å²) in [6.45, 7) is 4.07. The van der Waals surface area contributed by atoms with Crippen LogP contribution in [-0.2, 0) is 12.1 Å². The first-order valence-electron chi connectivity index (χ1n) is 7.85. The molecule has 5 nitrogen and oxygen atoms in total. The van der Waals surface area contributed by atoms with Gasteiger partial charge in [0, 0.05) is 0 Å². The fourth-order valence-corrected chi connectivity index (χ4v) is 2.76. The van der Waals surface area contributed by atoms with E-state index in [1.54, 1.807) is 0 Å². The zero-order valence-electron chi connectivity index (χ0n) is 13.8. The second kappa shape index (κ2) is 6.55. The van der Waals surface area contributed by atoms with Crippen molar-refractivity contribution in [3.63, 3.8) is 0 Å². The Bertz CT molecular complexity index is 782. The minimum atomic E-state index is -1.52. The van der Waals surface area contributed by atoms with Gasteiger partial charge >= 0.3 is 0 Å². The van der Waals surface area contributed by atoms with E-state index >= 15 is 0 Å². The lowest BCUT2D eigenvalue weighted by Crippen LogP contribution is -2.38. The van der Waals surface area contributed by atoms with Crippen molar-refractivity contribution in [3.05, 3.63) is 83.4 Å². The number of aliphatic hydroxyl groups is 2. The zero-order valence-corrected chi connectivity index (χ0v) is 13.8. The van der Waals surface area contributed by atoms with Crippen LogP contribution in [0.4, 0.5) is 0 Å². The summed E-state index contributed by atoms with van der Waals surface area (Å²) < 4.78 is 1.53. The molecular weight excluding hydrogens is 302 g/mol. The van der Waals surface area contributed by atoms with Crippen molar-refractivity contribution >= 4 is 0 Å². The Morgan fingerprint density at radius 3 is 2.12 bits per heavy atom. The van der Waals surface area contributed by atoms with E-state index in [4.69, 9.17) is 0 Å². The second-order valence-electron chi connectivity index (χ2n) is 6.20. The average molecular weight is 323 g/mol. The molecule has 0 aliphatic carbocycles. The first-order chi connectivity index (χ1) is 11.5. The number of hydrogen-bond donors (Lipinski definition) is 2. The van der Waals surface area contributed by atoms with E-state index in [0.29, 0.717) is 11.1 Å². The van der Waals surface area contributed by atoms with Gasteiger partial charge in [0.05, 0.1) is 6.54 Å². The molecule has 24 heavy (non-hydrogen) atoms. The van der Waals surface area contributed by atoms with E-state index < -0.39 is 11.7 Å². The van der Waals surface area contributed by atoms with E-state index in [1.807, 2.05) is 62.4 Å². The third kappa shape index (κ3) is 3.22. The molecule has 2 atom stereocenters. The third-order valence-corrected chi connectivity index (χ3v) is 4.27. The van der Waals surface area contributed by atoms with Crippen molar-refractivity contribution in [2.75, 3.05) is 0 Å². The number of hydrogen-bond acceptors (Lipinski definition) is 4. The van der Waals surface area contributed by atoms with Gasteiger partial charge in [0.25, 0.3) is 0 Å². The highest BCUT2D eigenvalue weighted by Crippen LogP contribution is 2.36. The molecular formula is C19H21N3O2. The molecule has 0 amide bonds. The molecule has 0 spiro atoms. The Hall–Kier alpha value is -2.50. The van der Waals surface area contributed by atoms with Gasteiger partial charge in [-0.05, 0) is 25.0 Å². The molecule has 3 aromatic rings. The topological polar surface area (TPSA) is 71.2 Å². The molecule has 0 aliphatic rings. The molecule has 0 unspecified atom stereocenters. The van der Waals surface area contributed by atoms with Crippen LogP contribution in [0.5, 0.6) is 0 Å². The van der Waals surface area contributed by atoms with Gasteiger partial charge < -0.3 is 10.2 Å². The van der Waals surface area contributed by atoms with E-state index in [0.717, 1.165) is 11.1 Å². The SMILES string of the molecule is Cc1ccc([C@H](O)[C@](O)(Cn2cncn2)c2ccc(C)cc2)cc1. The molecule has 0 radical (unpaired) electrons. The summed E-state index contributed by atoms with van der Waals surface area (Å²) in [5.41, 5.74) is 1.96. The number of aryl methyl sites for hydroxylation is 2. The lowest BCUT2D eigenvalue weighted by molar-refractivity contribution is -0.0965. The van der Waals surface area contributed by atoms with Crippen molar-refractivity contribution in [2.24, 2.45) is 0 Å². The summed E-state index contributed by atoms with van der Waals surface area (Å²) in [4.78, 5) is 3.92. The predicted molar refractivity (Wildman–Crippen MR) is 91.2 cm³/mol. The average Bonchev–Trinajstić information content (AvgIpc) is 3.08. The molecule has 0 saturated heterocycles. The fourth-order valence-electron chi connectivity index (χ4n) is 2.76. The second-order valence-corrected chi connectivity index (χ2v) is 6.20. The Kier molecular flexibility index (Phi) is 4.46. The summed E-state index contributed by atoms with van der Waals surface area (Å²) in [6.07, 6.45) is 1.85. The molecule has 3 rings (SSSR count). The van der Waals surface area contributed by atoms with Crippen molar-refractivity contribution in [1.82, 2.24) is 14.8 Å². The fraction of sp³-hybridized carbons (Fsp3) is 0.263. The van der Waals surface area contributed by atoms with Crippen LogP contribution < -0.4 is 0 Å². The quantitative estimate of drug-likeness (QED) is 0.757. The number of aromatic nitrogens is 3. The normalized spacial score (nSPS) is 15.0. The zero-order chi connectivity index (χ0) is 17.2. The molecule has 2 aromatic carbocycles. The van der Waals surface area contributed by atoms with Crippen LogP contribution in [0.3, 0.4) is 0 Å². The standard InChI is InChI=1S/C19H21N3O2/c1-14-3-7-16(8-4-14)18(23)19(24,11-22-13-20-12-21-22)17-9-5-15(2)6-10-17/h3-10,12-13,18,23-24H,11H2,1-2H3/t18-,19-/m0/s1. The smallest absolute Gasteiger partial charge is 0.139 e. The van der Waals surface area contributed by atoms with Crippen LogP contribution >= 0.6 is 0 Å². The monoisotopic (exact) mass is 323 g/mol. The van der Waals surface area contributed by atoms with Gasteiger partial charge in [-0.2, -0.15) is 5.10 Å². The molecule has 1 heterocycles. The first kappa shape index (κ1) is 16.4. The molecule has 0 fully saturated rings. The van der Waals surface area contributed by atoms with Crippen LogP contribution in [0.1, 0.15) is 28.4 Å². The van der Waals surface area contributed by atoms with Gasteiger partial charge in [-0.25, -0.2) is 9.67 Å². The van der Waals surface area contributed by atoms with Gasteiger partial charge in [0.1, 0.15) is 24.4 Å². The van der Waals surface area contributed by atoms with Crippen LogP contribution in [-0.4, -0.2) is 25.0 Å². The largest absolute Gasteiger partial charge is 0.385 e. The van der Waals surface area contributed by atoms with Crippen molar-refractivity contribution in [1.29, 1.82) is 0 Å².